The summed E-state index contributed by atoms with van der Waals surface area (Å²) in [7, 11) is 1.63. The summed E-state index contributed by atoms with van der Waals surface area (Å²) in [6.45, 7) is 2.00. The van der Waals surface area contributed by atoms with Gasteiger partial charge >= 0.3 is 0 Å². The van der Waals surface area contributed by atoms with Gasteiger partial charge in [-0.25, -0.2) is 0 Å². The molecule has 1 aliphatic heterocycles. The highest BCUT2D eigenvalue weighted by molar-refractivity contribution is 5.99. The van der Waals surface area contributed by atoms with Crippen molar-refractivity contribution in [2.45, 2.75) is 25.3 Å². The van der Waals surface area contributed by atoms with Gasteiger partial charge in [-0.15, -0.1) is 0 Å². The summed E-state index contributed by atoms with van der Waals surface area (Å²) in [5, 5.41) is 3.35. The van der Waals surface area contributed by atoms with Gasteiger partial charge in [0, 0.05) is 19.6 Å². The number of carbonyl (C=O) groups excluding carboxylic acids is 1. The molecule has 0 spiro atoms. The van der Waals surface area contributed by atoms with Gasteiger partial charge in [-0.2, -0.15) is 0 Å². The van der Waals surface area contributed by atoms with E-state index in [1.165, 1.54) is 0 Å². The molecule has 1 aromatic rings. The van der Waals surface area contributed by atoms with E-state index in [4.69, 9.17) is 9.47 Å². The maximum Gasteiger partial charge on any atom is 0.168 e. The lowest BCUT2D eigenvalue weighted by atomic mass is 10.0. The largest absolute Gasteiger partial charge is 0.490 e. The van der Waals surface area contributed by atoms with E-state index in [0.717, 1.165) is 19.4 Å². The van der Waals surface area contributed by atoms with Crippen LogP contribution < -0.4 is 10.1 Å². The number of methoxy groups -OCH3 is 1. The van der Waals surface area contributed by atoms with E-state index in [2.05, 4.69) is 5.32 Å². The molecule has 1 atom stereocenters. The van der Waals surface area contributed by atoms with Gasteiger partial charge in [0.2, 0.25) is 0 Å². The molecule has 0 aliphatic carbocycles. The third-order valence-corrected chi connectivity index (χ3v) is 3.33. The number of Topliss-reactive ketones (excluding diaryl/α,β-unsaturated/α-hetero) is 1. The van der Waals surface area contributed by atoms with Gasteiger partial charge in [0.15, 0.2) is 5.78 Å². The molecule has 1 N–H and O–H groups in total. The fourth-order valence-electron chi connectivity index (χ4n) is 2.32. The maximum absolute atomic E-state index is 12.3. The molecule has 0 radical (unpaired) electrons. The first-order valence-electron chi connectivity index (χ1n) is 6.78. The van der Waals surface area contributed by atoms with Gasteiger partial charge in [0.25, 0.3) is 0 Å². The number of para-hydroxylation sites is 1. The molecule has 4 heteroatoms. The van der Waals surface area contributed by atoms with Gasteiger partial charge in [0.05, 0.1) is 12.2 Å². The average Bonchev–Trinajstić information content (AvgIpc) is 2.92. The molecular formula is C15H21NO3. The van der Waals surface area contributed by atoms with Crippen LogP contribution in [0, 0.1) is 0 Å². The van der Waals surface area contributed by atoms with Crippen LogP contribution >= 0.6 is 0 Å². The highest BCUT2D eigenvalue weighted by Crippen LogP contribution is 2.21. The van der Waals surface area contributed by atoms with E-state index in [1.807, 2.05) is 24.3 Å². The summed E-state index contributed by atoms with van der Waals surface area (Å²) in [6, 6.07) is 7.75. The summed E-state index contributed by atoms with van der Waals surface area (Å²) in [4.78, 5) is 12.3. The summed E-state index contributed by atoms with van der Waals surface area (Å²) in [5.41, 5.74) is 0.673. The number of ketones is 1. The van der Waals surface area contributed by atoms with E-state index in [1.54, 1.807) is 7.11 Å². The van der Waals surface area contributed by atoms with Crippen LogP contribution in [0.3, 0.4) is 0 Å². The SMILES string of the molecule is COCCOc1ccccc1C(=O)CC1CCCN1. The molecule has 0 amide bonds. The van der Waals surface area contributed by atoms with Crippen LogP contribution in [-0.4, -0.2) is 38.7 Å². The Labute approximate surface area is 114 Å². The first-order chi connectivity index (χ1) is 9.31. The molecule has 19 heavy (non-hydrogen) atoms. The Morgan fingerprint density at radius 3 is 2.95 bits per heavy atom. The van der Waals surface area contributed by atoms with Crippen molar-refractivity contribution in [3.05, 3.63) is 29.8 Å². The minimum Gasteiger partial charge on any atom is -0.490 e. The van der Waals surface area contributed by atoms with Crippen LogP contribution in [-0.2, 0) is 4.74 Å². The van der Waals surface area contributed by atoms with Crippen molar-refractivity contribution >= 4 is 5.78 Å². The maximum atomic E-state index is 12.3. The highest BCUT2D eigenvalue weighted by Gasteiger charge is 2.20. The monoisotopic (exact) mass is 263 g/mol. The molecule has 1 saturated heterocycles. The van der Waals surface area contributed by atoms with Gasteiger partial charge in [-0.1, -0.05) is 12.1 Å². The average molecular weight is 263 g/mol. The lowest BCUT2D eigenvalue weighted by Crippen LogP contribution is -2.24. The zero-order chi connectivity index (χ0) is 13.5. The van der Waals surface area contributed by atoms with Crippen molar-refractivity contribution in [2.75, 3.05) is 26.9 Å². The number of hydrogen-bond donors (Lipinski definition) is 1. The third-order valence-electron chi connectivity index (χ3n) is 3.33. The Hall–Kier alpha value is -1.39. The minimum absolute atomic E-state index is 0.146. The Balaban J connectivity index is 1.98. The first-order valence-corrected chi connectivity index (χ1v) is 6.78. The van der Waals surface area contributed by atoms with E-state index >= 15 is 0 Å². The van der Waals surface area contributed by atoms with Crippen molar-refractivity contribution in [1.82, 2.24) is 5.32 Å². The molecule has 4 nitrogen and oxygen atoms in total. The van der Waals surface area contributed by atoms with Gasteiger partial charge in [-0.05, 0) is 31.5 Å². The van der Waals surface area contributed by atoms with Crippen molar-refractivity contribution in [1.29, 1.82) is 0 Å². The number of ether oxygens (including phenoxy) is 2. The van der Waals surface area contributed by atoms with Gasteiger partial charge in [-0.3, -0.25) is 4.79 Å². The molecular weight excluding hydrogens is 242 g/mol. The van der Waals surface area contributed by atoms with Crippen LogP contribution in [0.25, 0.3) is 0 Å². The minimum atomic E-state index is 0.146. The molecule has 1 aliphatic rings. The second kappa shape index (κ2) is 7.26. The van der Waals surface area contributed by atoms with Crippen LogP contribution in [0.1, 0.15) is 29.6 Å². The van der Waals surface area contributed by atoms with E-state index < -0.39 is 0 Å². The van der Waals surface area contributed by atoms with Crippen molar-refractivity contribution < 1.29 is 14.3 Å². The quantitative estimate of drug-likeness (QED) is 0.604. The normalized spacial score (nSPS) is 18.5. The second-order valence-corrected chi connectivity index (χ2v) is 4.76. The molecule has 1 aromatic carbocycles. The molecule has 1 unspecified atom stereocenters. The van der Waals surface area contributed by atoms with Crippen molar-refractivity contribution in [3.63, 3.8) is 0 Å². The molecule has 0 aromatic heterocycles. The number of benzene rings is 1. The van der Waals surface area contributed by atoms with E-state index in [-0.39, 0.29) is 5.78 Å². The summed E-state index contributed by atoms with van der Waals surface area (Å²) in [5.74, 6) is 0.801. The molecule has 1 heterocycles. The fraction of sp³-hybridized carbons (Fsp3) is 0.533. The van der Waals surface area contributed by atoms with Crippen LogP contribution in [0.15, 0.2) is 24.3 Å². The fourth-order valence-corrected chi connectivity index (χ4v) is 2.32. The first kappa shape index (κ1) is 14.0. The third kappa shape index (κ3) is 4.04. The predicted molar refractivity (Wildman–Crippen MR) is 73.8 cm³/mol. The van der Waals surface area contributed by atoms with E-state index in [9.17, 15) is 4.79 Å². The Bertz CT molecular complexity index is 414. The topological polar surface area (TPSA) is 47.6 Å². The van der Waals surface area contributed by atoms with E-state index in [0.29, 0.717) is 37.0 Å². The van der Waals surface area contributed by atoms with Crippen molar-refractivity contribution in [2.24, 2.45) is 0 Å². The summed E-state index contributed by atoms with van der Waals surface area (Å²) in [6.07, 6.45) is 2.78. The summed E-state index contributed by atoms with van der Waals surface area (Å²) < 4.78 is 10.5. The number of hydrogen-bond acceptors (Lipinski definition) is 4. The van der Waals surface area contributed by atoms with Gasteiger partial charge in [0.1, 0.15) is 12.4 Å². The number of rotatable bonds is 7. The number of carbonyl (C=O) groups is 1. The van der Waals surface area contributed by atoms with Gasteiger partial charge < -0.3 is 14.8 Å². The lowest BCUT2D eigenvalue weighted by Gasteiger charge is -2.13. The molecule has 1 fully saturated rings. The lowest BCUT2D eigenvalue weighted by molar-refractivity contribution is 0.0964. The zero-order valence-electron chi connectivity index (χ0n) is 11.4. The van der Waals surface area contributed by atoms with Crippen molar-refractivity contribution in [3.8, 4) is 5.75 Å². The second-order valence-electron chi connectivity index (χ2n) is 4.76. The Morgan fingerprint density at radius 1 is 1.37 bits per heavy atom. The highest BCUT2D eigenvalue weighted by atomic mass is 16.5. The molecule has 104 valence electrons. The zero-order valence-corrected chi connectivity index (χ0v) is 11.4. The predicted octanol–water partition coefficient (Wildman–Crippen LogP) is 2.04. The molecule has 2 rings (SSSR count). The van der Waals surface area contributed by atoms with Crippen LogP contribution in [0.2, 0.25) is 0 Å². The Kier molecular flexibility index (Phi) is 5.36. The Morgan fingerprint density at radius 2 is 2.21 bits per heavy atom. The standard InChI is InChI=1S/C15H21NO3/c1-18-9-10-19-15-7-3-2-6-13(15)14(17)11-12-5-4-8-16-12/h2-3,6-7,12,16H,4-5,8-11H2,1H3. The van der Waals surface area contributed by atoms with Crippen LogP contribution in [0.4, 0.5) is 0 Å². The summed E-state index contributed by atoms with van der Waals surface area (Å²) >= 11 is 0. The van der Waals surface area contributed by atoms with Crippen LogP contribution in [0.5, 0.6) is 5.75 Å². The smallest absolute Gasteiger partial charge is 0.168 e. The molecule has 0 saturated carbocycles. The molecule has 0 bridgehead atoms. The number of nitrogens with one attached hydrogen (secondary N) is 1.